The van der Waals surface area contributed by atoms with E-state index in [4.69, 9.17) is 11.6 Å². The van der Waals surface area contributed by atoms with E-state index in [0.717, 1.165) is 29.9 Å². The van der Waals surface area contributed by atoms with Crippen molar-refractivity contribution in [2.24, 2.45) is 0 Å². The molecule has 3 rings (SSSR count). The Morgan fingerprint density at radius 2 is 2.08 bits per heavy atom. The van der Waals surface area contributed by atoms with Gasteiger partial charge in [0.05, 0.1) is 10.7 Å². The number of nitrogens with one attached hydrogen (secondary N) is 1. The summed E-state index contributed by atoms with van der Waals surface area (Å²) in [4.78, 5) is 23.7. The molecule has 1 aliphatic heterocycles. The monoisotopic (exact) mass is 350 g/mol. The van der Waals surface area contributed by atoms with Gasteiger partial charge < -0.3 is 4.90 Å². The van der Waals surface area contributed by atoms with E-state index in [-0.39, 0.29) is 10.6 Å². The van der Waals surface area contributed by atoms with Crippen molar-refractivity contribution in [2.75, 3.05) is 32.1 Å². The molecule has 0 atom stereocenters. The fraction of sp³-hybridized carbons (Fsp3) is 0.412. The number of aromatic amines is 1. The Hall–Kier alpha value is -1.92. The Kier molecular flexibility index (Phi) is 4.87. The highest BCUT2D eigenvalue weighted by Gasteiger charge is 2.19. The first-order chi connectivity index (χ1) is 11.4. The average molecular weight is 351 g/mol. The normalized spacial score (nSPS) is 15.0. The van der Waals surface area contributed by atoms with Gasteiger partial charge in [0.1, 0.15) is 5.82 Å². The minimum atomic E-state index is -0.402. The molecular formula is C17H20ClFN4O. The highest BCUT2D eigenvalue weighted by Crippen LogP contribution is 2.18. The van der Waals surface area contributed by atoms with Crippen molar-refractivity contribution in [3.8, 4) is 0 Å². The number of hydrogen-bond donors (Lipinski definition) is 1. The molecule has 128 valence electrons. The SMILES string of the molecule is CN(C)c1nc2c(c(=O)[nH]1)CCN(Cc1ccc(Cl)c(F)c1)CC2. The number of nitrogens with zero attached hydrogens (tertiary/aromatic N) is 3. The summed E-state index contributed by atoms with van der Waals surface area (Å²) in [6, 6.07) is 4.88. The lowest BCUT2D eigenvalue weighted by Gasteiger charge is -2.19. The van der Waals surface area contributed by atoms with Gasteiger partial charge in [0.25, 0.3) is 5.56 Å². The maximum atomic E-state index is 13.6. The predicted molar refractivity (Wildman–Crippen MR) is 93.3 cm³/mol. The molecule has 2 aromatic rings. The van der Waals surface area contributed by atoms with Gasteiger partial charge in [-0.05, 0) is 24.1 Å². The molecule has 0 amide bonds. The van der Waals surface area contributed by atoms with E-state index in [9.17, 15) is 9.18 Å². The van der Waals surface area contributed by atoms with Crippen molar-refractivity contribution in [3.63, 3.8) is 0 Å². The number of rotatable bonds is 3. The first-order valence-electron chi connectivity index (χ1n) is 7.89. The van der Waals surface area contributed by atoms with E-state index in [0.29, 0.717) is 25.3 Å². The molecule has 1 aromatic heterocycles. The van der Waals surface area contributed by atoms with E-state index in [1.54, 1.807) is 11.0 Å². The van der Waals surface area contributed by atoms with Crippen LogP contribution < -0.4 is 10.5 Å². The van der Waals surface area contributed by atoms with E-state index < -0.39 is 5.82 Å². The van der Waals surface area contributed by atoms with Gasteiger partial charge in [-0.1, -0.05) is 17.7 Å². The van der Waals surface area contributed by atoms with E-state index in [1.807, 2.05) is 20.2 Å². The summed E-state index contributed by atoms with van der Waals surface area (Å²) >= 11 is 5.73. The Morgan fingerprint density at radius 1 is 1.33 bits per heavy atom. The van der Waals surface area contributed by atoms with E-state index >= 15 is 0 Å². The van der Waals surface area contributed by atoms with Crippen LogP contribution in [-0.4, -0.2) is 42.1 Å². The third kappa shape index (κ3) is 3.60. The molecular weight excluding hydrogens is 331 g/mol. The van der Waals surface area contributed by atoms with Gasteiger partial charge in [-0.2, -0.15) is 0 Å². The van der Waals surface area contributed by atoms with Gasteiger partial charge in [0, 0.05) is 45.7 Å². The molecule has 0 unspecified atom stereocenters. The first kappa shape index (κ1) is 16.9. The number of aromatic nitrogens is 2. The maximum absolute atomic E-state index is 13.6. The fourth-order valence-corrected chi connectivity index (χ4v) is 3.03. The molecule has 0 bridgehead atoms. The van der Waals surface area contributed by atoms with Gasteiger partial charge in [-0.15, -0.1) is 0 Å². The summed E-state index contributed by atoms with van der Waals surface area (Å²) in [6.45, 7) is 2.14. The average Bonchev–Trinajstić information content (AvgIpc) is 2.74. The van der Waals surface area contributed by atoms with Gasteiger partial charge in [0.2, 0.25) is 5.95 Å². The van der Waals surface area contributed by atoms with Crippen LogP contribution in [-0.2, 0) is 19.4 Å². The summed E-state index contributed by atoms with van der Waals surface area (Å²) < 4.78 is 13.6. The molecule has 1 aromatic carbocycles. The Balaban J connectivity index is 1.76. The second kappa shape index (κ2) is 6.91. The van der Waals surface area contributed by atoms with Crippen molar-refractivity contribution in [1.82, 2.24) is 14.9 Å². The van der Waals surface area contributed by atoms with Crippen LogP contribution in [0.4, 0.5) is 10.3 Å². The zero-order chi connectivity index (χ0) is 17.3. The highest BCUT2D eigenvalue weighted by atomic mass is 35.5. The van der Waals surface area contributed by atoms with E-state index in [1.165, 1.54) is 6.07 Å². The van der Waals surface area contributed by atoms with Gasteiger partial charge in [-0.3, -0.25) is 14.7 Å². The van der Waals surface area contributed by atoms with E-state index in [2.05, 4.69) is 14.9 Å². The second-order valence-electron chi connectivity index (χ2n) is 6.23. The largest absolute Gasteiger partial charge is 0.348 e. The van der Waals surface area contributed by atoms with Gasteiger partial charge in [0.15, 0.2) is 0 Å². The molecule has 0 saturated carbocycles. The highest BCUT2D eigenvalue weighted by molar-refractivity contribution is 6.30. The molecule has 7 heteroatoms. The minimum Gasteiger partial charge on any atom is -0.348 e. The minimum absolute atomic E-state index is 0.0666. The van der Waals surface area contributed by atoms with Crippen molar-refractivity contribution in [3.05, 3.63) is 56.2 Å². The topological polar surface area (TPSA) is 52.2 Å². The number of halogens is 2. The molecule has 0 aliphatic carbocycles. The maximum Gasteiger partial charge on any atom is 0.255 e. The summed E-state index contributed by atoms with van der Waals surface area (Å²) in [6.07, 6.45) is 1.34. The van der Waals surface area contributed by atoms with Crippen molar-refractivity contribution in [1.29, 1.82) is 0 Å². The van der Waals surface area contributed by atoms with Crippen molar-refractivity contribution < 1.29 is 4.39 Å². The predicted octanol–water partition coefficient (Wildman–Crippen LogP) is 2.23. The van der Waals surface area contributed by atoms with Crippen LogP contribution in [0.1, 0.15) is 16.8 Å². The third-order valence-electron chi connectivity index (χ3n) is 4.25. The molecule has 5 nitrogen and oxygen atoms in total. The Bertz CT molecular complexity index is 806. The number of fused-ring (bicyclic) bond motifs is 1. The third-order valence-corrected chi connectivity index (χ3v) is 4.55. The molecule has 0 radical (unpaired) electrons. The summed E-state index contributed by atoms with van der Waals surface area (Å²) in [5, 5.41) is 0.133. The lowest BCUT2D eigenvalue weighted by molar-refractivity contribution is 0.278. The number of benzene rings is 1. The van der Waals surface area contributed by atoms with Crippen molar-refractivity contribution >= 4 is 17.5 Å². The fourth-order valence-electron chi connectivity index (χ4n) is 2.91. The molecule has 1 aliphatic rings. The zero-order valence-electron chi connectivity index (χ0n) is 13.8. The molecule has 0 spiro atoms. The lowest BCUT2D eigenvalue weighted by Crippen LogP contribution is -2.26. The van der Waals surface area contributed by atoms with Crippen LogP contribution in [0.5, 0.6) is 0 Å². The van der Waals surface area contributed by atoms with Crippen LogP contribution in [0, 0.1) is 5.82 Å². The van der Waals surface area contributed by atoms with Crippen LogP contribution >= 0.6 is 11.6 Å². The second-order valence-corrected chi connectivity index (χ2v) is 6.64. The number of H-pyrrole nitrogens is 1. The van der Waals surface area contributed by atoms with Crippen LogP contribution in [0.15, 0.2) is 23.0 Å². The molecule has 1 N–H and O–H groups in total. The van der Waals surface area contributed by atoms with Crippen molar-refractivity contribution in [2.45, 2.75) is 19.4 Å². The molecule has 24 heavy (non-hydrogen) atoms. The molecule has 0 fully saturated rings. The number of anilines is 1. The van der Waals surface area contributed by atoms with Crippen LogP contribution in [0.25, 0.3) is 0 Å². The Labute approximate surface area is 145 Å². The molecule has 2 heterocycles. The van der Waals surface area contributed by atoms with Crippen LogP contribution in [0.2, 0.25) is 5.02 Å². The summed E-state index contributed by atoms with van der Waals surface area (Å²) in [7, 11) is 3.70. The summed E-state index contributed by atoms with van der Waals surface area (Å²) in [5.41, 5.74) is 2.42. The molecule has 0 saturated heterocycles. The quantitative estimate of drug-likeness (QED) is 0.922. The lowest BCUT2D eigenvalue weighted by atomic mass is 10.1. The summed E-state index contributed by atoms with van der Waals surface area (Å²) in [5.74, 6) is 0.174. The number of hydrogen-bond acceptors (Lipinski definition) is 4. The van der Waals surface area contributed by atoms with Gasteiger partial charge in [-0.25, -0.2) is 9.37 Å². The zero-order valence-corrected chi connectivity index (χ0v) is 14.5. The van der Waals surface area contributed by atoms with Crippen LogP contribution in [0.3, 0.4) is 0 Å². The standard InChI is InChI=1S/C17H20ClFN4O/c1-22(2)17-20-15-6-8-23(7-5-12(15)16(24)21-17)10-11-3-4-13(18)14(19)9-11/h3-4,9H,5-8,10H2,1-2H3,(H,20,21,24). The Morgan fingerprint density at radius 3 is 2.79 bits per heavy atom. The smallest absolute Gasteiger partial charge is 0.255 e. The van der Waals surface area contributed by atoms with Gasteiger partial charge >= 0.3 is 0 Å². The first-order valence-corrected chi connectivity index (χ1v) is 8.27.